The average molecular weight is 215 g/mol. The summed E-state index contributed by atoms with van der Waals surface area (Å²) < 4.78 is 0. The van der Waals surface area contributed by atoms with E-state index in [4.69, 9.17) is 33.4 Å². The van der Waals surface area contributed by atoms with Crippen molar-refractivity contribution in [2.75, 3.05) is 0 Å². The van der Waals surface area contributed by atoms with Crippen LogP contribution >= 0.6 is 23.2 Å². The Kier molecular flexibility index (Phi) is 2.98. The second kappa shape index (κ2) is 3.11. The van der Waals surface area contributed by atoms with Gasteiger partial charge in [0.05, 0.1) is 0 Å². The number of carboxylic acids is 2. The van der Waals surface area contributed by atoms with E-state index >= 15 is 0 Å². The van der Waals surface area contributed by atoms with Gasteiger partial charge in [0.2, 0.25) is 0 Å². The smallest absolute Gasteiger partial charge is 0.326 e. The highest BCUT2D eigenvalue weighted by molar-refractivity contribution is 6.47. The maximum Gasteiger partial charge on any atom is 0.326 e. The van der Waals surface area contributed by atoms with E-state index in [1.165, 1.54) is 0 Å². The minimum atomic E-state index is -2.03. The van der Waals surface area contributed by atoms with Crippen molar-refractivity contribution in [1.82, 2.24) is 0 Å². The van der Waals surface area contributed by atoms with Gasteiger partial charge in [-0.2, -0.15) is 0 Å². The second-order valence-electron chi connectivity index (χ2n) is 2.62. The summed E-state index contributed by atoms with van der Waals surface area (Å²) in [7, 11) is 0. The molecule has 4 nitrogen and oxygen atoms in total. The van der Waals surface area contributed by atoms with Crippen molar-refractivity contribution in [2.24, 2.45) is 0 Å². The van der Waals surface area contributed by atoms with Gasteiger partial charge in [0.15, 0.2) is 9.75 Å². The molecule has 0 aliphatic carbocycles. The van der Waals surface area contributed by atoms with Crippen LogP contribution < -0.4 is 0 Å². The Morgan fingerprint density at radius 1 is 1.00 bits per heavy atom. The predicted octanol–water partition coefficient (Wildman–Crippen LogP) is 1.15. The van der Waals surface area contributed by atoms with Crippen molar-refractivity contribution in [3.63, 3.8) is 0 Å². The van der Waals surface area contributed by atoms with Gasteiger partial charge in [-0.1, -0.05) is 0 Å². The molecule has 0 heterocycles. The predicted molar refractivity (Wildman–Crippen MR) is 43.8 cm³/mol. The number of carbonyl (C=O) groups is 2. The lowest BCUT2D eigenvalue weighted by Gasteiger charge is -2.28. The molecule has 0 aliphatic rings. The summed E-state index contributed by atoms with van der Waals surface area (Å²) in [6.07, 6.45) is 0. The summed E-state index contributed by atoms with van der Waals surface area (Å²) in [4.78, 5) is 16.9. The van der Waals surface area contributed by atoms with Gasteiger partial charge < -0.3 is 10.2 Å². The number of hydrogen-bond acceptors (Lipinski definition) is 2. The lowest BCUT2D eigenvalue weighted by molar-refractivity contribution is -0.148. The SMILES string of the molecule is CC(Cl)(C(=O)O)C(C)(Cl)C(=O)O. The minimum absolute atomic E-state index is 1.04. The van der Waals surface area contributed by atoms with Gasteiger partial charge in [-0.05, 0) is 13.8 Å². The van der Waals surface area contributed by atoms with Crippen LogP contribution in [0, 0.1) is 0 Å². The zero-order chi connectivity index (χ0) is 10.2. The lowest BCUT2D eigenvalue weighted by Crippen LogP contribution is -2.52. The van der Waals surface area contributed by atoms with E-state index in [0.29, 0.717) is 0 Å². The van der Waals surface area contributed by atoms with Crippen LogP contribution in [0.3, 0.4) is 0 Å². The fraction of sp³-hybridized carbons (Fsp3) is 0.667. The van der Waals surface area contributed by atoms with Crippen LogP contribution in [0.5, 0.6) is 0 Å². The summed E-state index contributed by atoms with van der Waals surface area (Å²) in [6, 6.07) is 0. The molecule has 12 heavy (non-hydrogen) atoms. The zero-order valence-corrected chi connectivity index (χ0v) is 7.98. The summed E-state index contributed by atoms with van der Waals surface area (Å²) in [5.41, 5.74) is 0. The molecule has 0 amide bonds. The van der Waals surface area contributed by atoms with Gasteiger partial charge in [-0.25, -0.2) is 0 Å². The van der Waals surface area contributed by atoms with Gasteiger partial charge in [0.1, 0.15) is 0 Å². The number of carboxylic acid groups (broad SMARTS) is 2. The van der Waals surface area contributed by atoms with Gasteiger partial charge >= 0.3 is 11.9 Å². The molecule has 2 N–H and O–H groups in total. The first kappa shape index (κ1) is 11.5. The number of alkyl halides is 2. The summed E-state index contributed by atoms with van der Waals surface area (Å²) in [5, 5.41) is 17.1. The van der Waals surface area contributed by atoms with Crippen LogP contribution in [0.4, 0.5) is 0 Å². The van der Waals surface area contributed by atoms with Crippen LogP contribution in [0.25, 0.3) is 0 Å². The first-order valence-electron chi connectivity index (χ1n) is 2.98. The Hall–Kier alpha value is -0.480. The highest BCUT2D eigenvalue weighted by Gasteiger charge is 2.53. The molecule has 6 heteroatoms. The highest BCUT2D eigenvalue weighted by atomic mass is 35.5. The molecule has 70 valence electrons. The van der Waals surface area contributed by atoms with E-state index in [9.17, 15) is 9.59 Å². The Labute approximate surface area is 79.1 Å². The normalized spacial score (nSPS) is 20.7. The third kappa shape index (κ3) is 1.64. The van der Waals surface area contributed by atoms with Crippen molar-refractivity contribution in [3.8, 4) is 0 Å². The summed E-state index contributed by atoms with van der Waals surface area (Å²) in [6.45, 7) is 2.08. The van der Waals surface area contributed by atoms with E-state index in [0.717, 1.165) is 13.8 Å². The Morgan fingerprint density at radius 2 is 1.17 bits per heavy atom. The van der Waals surface area contributed by atoms with Crippen molar-refractivity contribution >= 4 is 35.1 Å². The molecule has 0 saturated heterocycles. The topological polar surface area (TPSA) is 74.6 Å². The van der Waals surface area contributed by atoms with Gasteiger partial charge in [-0.3, -0.25) is 9.59 Å². The molecule has 2 atom stereocenters. The largest absolute Gasteiger partial charge is 0.480 e. The first-order valence-corrected chi connectivity index (χ1v) is 3.74. The van der Waals surface area contributed by atoms with Crippen molar-refractivity contribution in [1.29, 1.82) is 0 Å². The number of aliphatic carboxylic acids is 2. The quantitative estimate of drug-likeness (QED) is 0.692. The Morgan fingerprint density at radius 3 is 1.25 bits per heavy atom. The maximum atomic E-state index is 10.5. The van der Waals surface area contributed by atoms with E-state index < -0.39 is 21.7 Å². The molecule has 0 aromatic heterocycles. The van der Waals surface area contributed by atoms with Crippen LogP contribution in [0.15, 0.2) is 0 Å². The fourth-order valence-electron chi connectivity index (χ4n) is 0.402. The van der Waals surface area contributed by atoms with Gasteiger partial charge in [0, 0.05) is 0 Å². The number of rotatable bonds is 3. The Balaban J connectivity index is 5.01. The molecule has 0 aliphatic heterocycles. The highest BCUT2D eigenvalue weighted by Crippen LogP contribution is 2.35. The standard InChI is InChI=1S/C6H8Cl2O4/c1-5(7,3(9)10)6(2,8)4(11)12/h1-2H3,(H,9,10)(H,11,12). The van der Waals surface area contributed by atoms with Crippen molar-refractivity contribution in [3.05, 3.63) is 0 Å². The first-order chi connectivity index (χ1) is 5.14. The molecule has 0 saturated carbocycles. The third-order valence-electron chi connectivity index (χ3n) is 1.68. The van der Waals surface area contributed by atoms with Gasteiger partial charge in [-0.15, -0.1) is 23.2 Å². The molecule has 0 spiro atoms. The number of halogens is 2. The van der Waals surface area contributed by atoms with Crippen LogP contribution in [-0.4, -0.2) is 31.9 Å². The monoisotopic (exact) mass is 214 g/mol. The molecular weight excluding hydrogens is 207 g/mol. The Bertz CT molecular complexity index is 198. The summed E-state index contributed by atoms with van der Waals surface area (Å²) >= 11 is 10.9. The van der Waals surface area contributed by atoms with Gasteiger partial charge in [0.25, 0.3) is 0 Å². The van der Waals surface area contributed by atoms with Crippen LogP contribution in [0.2, 0.25) is 0 Å². The molecule has 0 rings (SSSR count). The average Bonchev–Trinajstić information content (AvgIpc) is 1.86. The maximum absolute atomic E-state index is 10.5. The van der Waals surface area contributed by atoms with Crippen LogP contribution in [0.1, 0.15) is 13.8 Å². The molecule has 0 aromatic carbocycles. The van der Waals surface area contributed by atoms with E-state index in [1.54, 1.807) is 0 Å². The molecule has 0 fully saturated rings. The van der Waals surface area contributed by atoms with E-state index in [-0.39, 0.29) is 0 Å². The van der Waals surface area contributed by atoms with Crippen LogP contribution in [-0.2, 0) is 9.59 Å². The lowest BCUT2D eigenvalue weighted by atomic mass is 9.94. The van der Waals surface area contributed by atoms with E-state index in [1.807, 2.05) is 0 Å². The molecule has 0 radical (unpaired) electrons. The van der Waals surface area contributed by atoms with E-state index in [2.05, 4.69) is 0 Å². The number of hydrogen-bond donors (Lipinski definition) is 2. The zero-order valence-electron chi connectivity index (χ0n) is 6.47. The fourth-order valence-corrected chi connectivity index (χ4v) is 0.563. The molecular formula is C6H8Cl2O4. The summed E-state index contributed by atoms with van der Waals surface area (Å²) in [5.74, 6) is -2.94. The second-order valence-corrected chi connectivity index (χ2v) is 4.13. The minimum Gasteiger partial charge on any atom is -0.480 e. The molecule has 0 bridgehead atoms. The third-order valence-corrected chi connectivity index (χ3v) is 2.86. The molecule has 2 unspecified atom stereocenters. The van der Waals surface area contributed by atoms with Crippen molar-refractivity contribution in [2.45, 2.75) is 23.6 Å². The molecule has 0 aromatic rings. The van der Waals surface area contributed by atoms with Crippen molar-refractivity contribution < 1.29 is 19.8 Å².